The van der Waals surface area contributed by atoms with Gasteiger partial charge >= 0.3 is 0 Å². The summed E-state index contributed by atoms with van der Waals surface area (Å²) in [6.07, 6.45) is 14.7. The zero-order valence-corrected chi connectivity index (χ0v) is 19.3. The third kappa shape index (κ3) is 10.6. The fourth-order valence-electron chi connectivity index (χ4n) is 3.70. The molecule has 0 bridgehead atoms. The van der Waals surface area contributed by atoms with Gasteiger partial charge in [0.2, 0.25) is 5.91 Å². The number of hydrogen-bond donors (Lipinski definition) is 1. The van der Waals surface area contributed by atoms with E-state index in [1.54, 1.807) is 12.1 Å². The van der Waals surface area contributed by atoms with Crippen LogP contribution in [0.3, 0.4) is 0 Å². The van der Waals surface area contributed by atoms with Crippen LogP contribution in [0.25, 0.3) is 0 Å². The van der Waals surface area contributed by atoms with Crippen LogP contribution in [0.2, 0.25) is 0 Å². The van der Waals surface area contributed by atoms with Gasteiger partial charge in [0.05, 0.1) is 4.92 Å². The van der Waals surface area contributed by atoms with Crippen molar-refractivity contribution in [1.82, 2.24) is 0 Å². The number of benzene rings is 1. The summed E-state index contributed by atoms with van der Waals surface area (Å²) in [6.45, 7) is 7.63. The van der Waals surface area contributed by atoms with Crippen molar-refractivity contribution < 1.29 is 9.72 Å². The predicted octanol–water partition coefficient (Wildman–Crippen LogP) is 7.08. The summed E-state index contributed by atoms with van der Waals surface area (Å²) < 4.78 is 0. The number of amides is 1. The molecule has 1 amide bonds. The van der Waals surface area contributed by atoms with E-state index in [1.165, 1.54) is 71.1 Å². The summed E-state index contributed by atoms with van der Waals surface area (Å²) in [6, 6.07) is 5.16. The Labute approximate surface area is 182 Å². The molecule has 0 heterocycles. The topological polar surface area (TPSA) is 75.5 Å². The molecule has 0 aliphatic heterocycles. The molecule has 0 aromatic heterocycles. The van der Waals surface area contributed by atoms with Crippen molar-refractivity contribution in [2.24, 2.45) is 0 Å². The lowest BCUT2D eigenvalue weighted by molar-refractivity contribution is -0.383. The Balaban J connectivity index is 2.78. The van der Waals surface area contributed by atoms with Gasteiger partial charge in [0.15, 0.2) is 0 Å². The number of nitro benzene ring substituents is 1. The van der Waals surface area contributed by atoms with Crippen molar-refractivity contribution in [2.75, 3.05) is 23.3 Å². The summed E-state index contributed by atoms with van der Waals surface area (Å²) in [5, 5.41) is 14.1. The number of anilines is 2. The largest absolute Gasteiger partial charge is 0.371 e. The number of nitrogens with one attached hydrogen (secondary N) is 1. The van der Waals surface area contributed by atoms with Crippen molar-refractivity contribution in [3.8, 4) is 0 Å². The Hall–Kier alpha value is -2.11. The SMILES string of the molecule is CCCCCCCCN(CCCCCCCC)c1ccc(NC(C)=O)c([N+](=O)[O-])c1. The summed E-state index contributed by atoms with van der Waals surface area (Å²) in [5.74, 6) is -0.304. The van der Waals surface area contributed by atoms with Crippen LogP contribution in [0.5, 0.6) is 0 Å². The predicted molar refractivity (Wildman–Crippen MR) is 126 cm³/mol. The van der Waals surface area contributed by atoms with Gasteiger partial charge in [-0.2, -0.15) is 0 Å². The van der Waals surface area contributed by atoms with E-state index in [4.69, 9.17) is 0 Å². The fourth-order valence-corrected chi connectivity index (χ4v) is 3.70. The van der Waals surface area contributed by atoms with E-state index in [-0.39, 0.29) is 17.3 Å². The molecule has 6 heteroatoms. The highest BCUT2D eigenvalue weighted by molar-refractivity contribution is 5.91. The molecule has 0 saturated carbocycles. The molecule has 0 saturated heterocycles. The number of nitro groups is 1. The molecule has 6 nitrogen and oxygen atoms in total. The van der Waals surface area contributed by atoms with Gasteiger partial charge in [0.25, 0.3) is 5.69 Å². The summed E-state index contributed by atoms with van der Waals surface area (Å²) in [4.78, 5) is 24.8. The molecule has 0 unspecified atom stereocenters. The van der Waals surface area contributed by atoms with Gasteiger partial charge in [-0.15, -0.1) is 0 Å². The third-order valence-corrected chi connectivity index (χ3v) is 5.42. The monoisotopic (exact) mass is 419 g/mol. The summed E-state index contributed by atoms with van der Waals surface area (Å²) in [7, 11) is 0. The minimum atomic E-state index is -0.414. The number of hydrogen-bond acceptors (Lipinski definition) is 4. The zero-order chi connectivity index (χ0) is 22.2. The minimum Gasteiger partial charge on any atom is -0.371 e. The smallest absolute Gasteiger partial charge is 0.294 e. The van der Waals surface area contributed by atoms with Gasteiger partial charge in [-0.25, -0.2) is 0 Å². The quantitative estimate of drug-likeness (QED) is 0.166. The van der Waals surface area contributed by atoms with Gasteiger partial charge in [-0.05, 0) is 25.0 Å². The number of carbonyl (C=O) groups excluding carboxylic acids is 1. The van der Waals surface area contributed by atoms with E-state index >= 15 is 0 Å². The Bertz CT molecular complexity index is 618. The molecule has 0 fully saturated rings. The Morgan fingerprint density at radius 3 is 1.87 bits per heavy atom. The molecule has 1 N–H and O–H groups in total. The molecule has 1 aromatic rings. The molecule has 0 aliphatic rings. The second-order valence-corrected chi connectivity index (χ2v) is 8.16. The van der Waals surface area contributed by atoms with Crippen molar-refractivity contribution >= 4 is 23.0 Å². The third-order valence-electron chi connectivity index (χ3n) is 5.42. The zero-order valence-electron chi connectivity index (χ0n) is 19.3. The standard InChI is InChI=1S/C24H41N3O3/c1-4-6-8-10-12-14-18-26(19-15-13-11-9-7-5-2)22-16-17-23(25-21(3)28)24(20-22)27(29)30/h16-17,20H,4-15,18-19H2,1-3H3,(H,25,28). The van der Waals surface area contributed by atoms with E-state index in [0.717, 1.165) is 31.6 Å². The molecule has 170 valence electrons. The van der Waals surface area contributed by atoms with Gasteiger partial charge in [0, 0.05) is 31.8 Å². The van der Waals surface area contributed by atoms with E-state index in [2.05, 4.69) is 24.1 Å². The van der Waals surface area contributed by atoms with Crippen molar-refractivity contribution in [1.29, 1.82) is 0 Å². The van der Waals surface area contributed by atoms with Crippen LogP contribution >= 0.6 is 0 Å². The van der Waals surface area contributed by atoms with Crippen LogP contribution in [0.4, 0.5) is 17.1 Å². The van der Waals surface area contributed by atoms with Crippen LogP contribution in [-0.4, -0.2) is 23.9 Å². The lowest BCUT2D eigenvalue weighted by Crippen LogP contribution is -2.26. The van der Waals surface area contributed by atoms with Crippen LogP contribution in [0.15, 0.2) is 18.2 Å². The van der Waals surface area contributed by atoms with E-state index in [1.807, 2.05) is 6.07 Å². The average molecular weight is 420 g/mol. The first-order chi connectivity index (χ1) is 14.5. The molecule has 0 atom stereocenters. The van der Waals surface area contributed by atoms with Crippen LogP contribution in [0.1, 0.15) is 97.8 Å². The van der Waals surface area contributed by atoms with Crippen LogP contribution in [-0.2, 0) is 4.79 Å². The second kappa shape index (κ2) is 15.7. The molecule has 0 aliphatic carbocycles. The maximum Gasteiger partial charge on any atom is 0.294 e. The van der Waals surface area contributed by atoms with Gasteiger partial charge in [-0.1, -0.05) is 78.1 Å². The lowest BCUT2D eigenvalue weighted by Gasteiger charge is -2.25. The van der Waals surface area contributed by atoms with Crippen molar-refractivity contribution in [3.05, 3.63) is 28.3 Å². The summed E-state index contributed by atoms with van der Waals surface area (Å²) >= 11 is 0. The Morgan fingerprint density at radius 2 is 1.40 bits per heavy atom. The Kier molecular flexibility index (Phi) is 13.6. The second-order valence-electron chi connectivity index (χ2n) is 8.16. The first kappa shape index (κ1) is 25.9. The number of rotatable bonds is 17. The highest BCUT2D eigenvalue weighted by Crippen LogP contribution is 2.30. The molecular weight excluding hydrogens is 378 g/mol. The Morgan fingerprint density at radius 1 is 0.900 bits per heavy atom. The van der Waals surface area contributed by atoms with Gasteiger partial charge in [0.1, 0.15) is 5.69 Å². The van der Waals surface area contributed by atoms with E-state index in [9.17, 15) is 14.9 Å². The molecule has 1 rings (SSSR count). The molecule has 1 aromatic carbocycles. The lowest BCUT2D eigenvalue weighted by atomic mass is 10.1. The maximum absolute atomic E-state index is 11.5. The van der Waals surface area contributed by atoms with E-state index in [0.29, 0.717) is 0 Å². The summed E-state index contributed by atoms with van der Waals surface area (Å²) in [5.41, 5.74) is 1.09. The molecule has 0 radical (unpaired) electrons. The van der Waals surface area contributed by atoms with Crippen molar-refractivity contribution in [2.45, 2.75) is 97.8 Å². The normalized spacial score (nSPS) is 10.8. The van der Waals surface area contributed by atoms with Gasteiger partial charge in [-0.3, -0.25) is 14.9 Å². The van der Waals surface area contributed by atoms with Crippen molar-refractivity contribution in [3.63, 3.8) is 0 Å². The minimum absolute atomic E-state index is 0.0430. The molecule has 30 heavy (non-hydrogen) atoms. The maximum atomic E-state index is 11.5. The highest BCUT2D eigenvalue weighted by Gasteiger charge is 2.18. The highest BCUT2D eigenvalue weighted by atomic mass is 16.6. The first-order valence-electron chi connectivity index (χ1n) is 11.8. The number of nitrogens with zero attached hydrogens (tertiary/aromatic N) is 2. The number of carbonyl (C=O) groups is 1. The van der Waals surface area contributed by atoms with E-state index < -0.39 is 4.92 Å². The fraction of sp³-hybridized carbons (Fsp3) is 0.708. The van der Waals surface area contributed by atoms with Crippen LogP contribution in [0, 0.1) is 10.1 Å². The average Bonchev–Trinajstić information content (AvgIpc) is 2.71. The number of unbranched alkanes of at least 4 members (excludes halogenated alkanes) is 10. The molecule has 0 spiro atoms. The van der Waals surface area contributed by atoms with Gasteiger partial charge < -0.3 is 10.2 Å². The van der Waals surface area contributed by atoms with Crippen LogP contribution < -0.4 is 10.2 Å². The first-order valence-corrected chi connectivity index (χ1v) is 11.8. The molecular formula is C24H41N3O3.